The molecule has 0 aliphatic heterocycles. The number of aliphatic hydroxyl groups is 1. The zero-order chi connectivity index (χ0) is 26.3. The number of allylic oxidation sites excluding steroid dienone is 1. The van der Waals surface area contributed by atoms with Crippen molar-refractivity contribution in [2.75, 3.05) is 20.3 Å². The Balaban J connectivity index is 1.68. The second kappa shape index (κ2) is 9.80. The van der Waals surface area contributed by atoms with E-state index in [0.29, 0.717) is 25.7 Å². The quantitative estimate of drug-likeness (QED) is 0.529. The van der Waals surface area contributed by atoms with Crippen molar-refractivity contribution < 1.29 is 43.2 Å². The fourth-order valence-corrected chi connectivity index (χ4v) is 8.02. The minimum Gasteiger partial charge on any atom is -0.438 e. The van der Waals surface area contributed by atoms with Gasteiger partial charge in [0.2, 0.25) is 5.78 Å². The molecule has 0 spiro atoms. The van der Waals surface area contributed by atoms with Crippen LogP contribution in [0.25, 0.3) is 0 Å². The van der Waals surface area contributed by atoms with Gasteiger partial charge in [-0.25, -0.2) is 9.59 Å². The Hall–Kier alpha value is -2.42. The maximum Gasteiger partial charge on any atom is 0.509 e. The Morgan fingerprint density at radius 2 is 1.83 bits per heavy atom. The summed E-state index contributed by atoms with van der Waals surface area (Å²) in [5.74, 6) is -0.342. The highest BCUT2D eigenvalue weighted by molar-refractivity contribution is 5.93. The number of aliphatic hydroxyl groups excluding tert-OH is 1. The average Bonchev–Trinajstić information content (AvgIpc) is 3.13. The Kier molecular flexibility index (Phi) is 7.25. The predicted octanol–water partition coefficient (Wildman–Crippen LogP) is 4.14. The molecule has 0 aromatic carbocycles. The number of hydrogen-bond acceptors (Lipinski definition) is 9. The molecule has 4 aliphatic carbocycles. The highest BCUT2D eigenvalue weighted by atomic mass is 16.7. The molecule has 0 amide bonds. The maximum absolute atomic E-state index is 13.7. The number of carbonyl (C=O) groups excluding carboxylic acids is 4. The maximum atomic E-state index is 13.7. The van der Waals surface area contributed by atoms with E-state index < -0.39 is 41.8 Å². The summed E-state index contributed by atoms with van der Waals surface area (Å²) in [4.78, 5) is 50.1. The first-order valence-electron chi connectivity index (χ1n) is 13.0. The number of methoxy groups -OCH3 is 1. The molecule has 9 nitrogen and oxygen atoms in total. The molecule has 36 heavy (non-hydrogen) atoms. The van der Waals surface area contributed by atoms with E-state index >= 15 is 0 Å². The van der Waals surface area contributed by atoms with Crippen molar-refractivity contribution >= 4 is 23.9 Å². The summed E-state index contributed by atoms with van der Waals surface area (Å²) in [6, 6.07) is 0. The van der Waals surface area contributed by atoms with Gasteiger partial charge in [0, 0.05) is 11.8 Å². The third kappa shape index (κ3) is 4.13. The van der Waals surface area contributed by atoms with Crippen molar-refractivity contribution in [2.24, 2.45) is 28.6 Å². The molecule has 4 rings (SSSR count). The van der Waals surface area contributed by atoms with E-state index in [-0.39, 0.29) is 48.4 Å². The summed E-state index contributed by atoms with van der Waals surface area (Å²) in [5.41, 5.74) is -1.63. The van der Waals surface area contributed by atoms with Crippen LogP contribution in [-0.2, 0) is 28.5 Å². The van der Waals surface area contributed by atoms with Gasteiger partial charge in [-0.3, -0.25) is 9.59 Å². The lowest BCUT2D eigenvalue weighted by atomic mass is 9.45. The zero-order valence-electron chi connectivity index (χ0n) is 21.7. The van der Waals surface area contributed by atoms with Crippen molar-refractivity contribution in [1.82, 2.24) is 0 Å². The molecule has 200 valence electrons. The van der Waals surface area contributed by atoms with Crippen molar-refractivity contribution in [3.63, 3.8) is 0 Å². The number of hydrogen-bond donors (Lipinski definition) is 1. The molecule has 0 bridgehead atoms. The first-order valence-corrected chi connectivity index (χ1v) is 13.0. The van der Waals surface area contributed by atoms with Crippen LogP contribution >= 0.6 is 0 Å². The zero-order valence-corrected chi connectivity index (χ0v) is 21.7. The van der Waals surface area contributed by atoms with Gasteiger partial charge >= 0.3 is 12.3 Å². The molecule has 0 saturated heterocycles. The molecular weight excluding hydrogens is 468 g/mol. The van der Waals surface area contributed by atoms with Crippen LogP contribution in [-0.4, -0.2) is 61.0 Å². The molecule has 7 atom stereocenters. The van der Waals surface area contributed by atoms with E-state index in [1.54, 1.807) is 6.08 Å². The number of Topliss-reactive ketones (excluding diaryl/α,β-unsaturated/α-hetero) is 1. The van der Waals surface area contributed by atoms with Crippen molar-refractivity contribution in [1.29, 1.82) is 0 Å². The third-order valence-corrected chi connectivity index (χ3v) is 9.64. The number of rotatable bonds is 6. The van der Waals surface area contributed by atoms with E-state index in [2.05, 4.69) is 11.7 Å². The minimum absolute atomic E-state index is 0.00274. The molecule has 0 unspecified atom stereocenters. The van der Waals surface area contributed by atoms with E-state index in [1.165, 1.54) is 0 Å². The van der Waals surface area contributed by atoms with Crippen LogP contribution in [0.15, 0.2) is 11.6 Å². The summed E-state index contributed by atoms with van der Waals surface area (Å²) < 4.78 is 20.5. The normalized spacial score (nSPS) is 39.1. The summed E-state index contributed by atoms with van der Waals surface area (Å²) in [6.07, 6.45) is 3.56. The number of fused-ring (bicyclic) bond motifs is 5. The highest BCUT2D eigenvalue weighted by Gasteiger charge is 2.70. The lowest BCUT2D eigenvalue weighted by Crippen LogP contribution is -2.63. The summed E-state index contributed by atoms with van der Waals surface area (Å²) >= 11 is 0. The minimum atomic E-state index is -1.60. The number of ether oxygens (including phenoxy) is 4. The second-order valence-corrected chi connectivity index (χ2v) is 11.3. The summed E-state index contributed by atoms with van der Waals surface area (Å²) in [5, 5.41) is 11.6. The molecule has 3 saturated carbocycles. The Morgan fingerprint density at radius 3 is 2.53 bits per heavy atom. The van der Waals surface area contributed by atoms with Crippen LogP contribution in [0.5, 0.6) is 0 Å². The van der Waals surface area contributed by atoms with E-state index in [1.807, 2.05) is 13.8 Å². The lowest BCUT2D eigenvalue weighted by molar-refractivity contribution is -0.187. The molecule has 1 N–H and O–H groups in total. The van der Waals surface area contributed by atoms with Crippen LogP contribution < -0.4 is 0 Å². The molecule has 0 heterocycles. The van der Waals surface area contributed by atoms with Gasteiger partial charge in [-0.2, -0.15) is 0 Å². The number of carbonyl (C=O) groups is 4. The van der Waals surface area contributed by atoms with Gasteiger partial charge in [-0.15, -0.1) is 0 Å². The lowest BCUT2D eigenvalue weighted by Gasteiger charge is -2.60. The van der Waals surface area contributed by atoms with Gasteiger partial charge in [0.1, 0.15) is 0 Å². The molecule has 0 aromatic rings. The fraction of sp³-hybridized carbons (Fsp3) is 0.778. The summed E-state index contributed by atoms with van der Waals surface area (Å²) in [6.45, 7) is 5.47. The van der Waals surface area contributed by atoms with Crippen LogP contribution in [0, 0.1) is 28.6 Å². The molecule has 3 fully saturated rings. The van der Waals surface area contributed by atoms with Gasteiger partial charge in [0.25, 0.3) is 0 Å². The van der Waals surface area contributed by atoms with Crippen LogP contribution in [0.1, 0.15) is 72.1 Å². The van der Waals surface area contributed by atoms with Crippen LogP contribution in [0.3, 0.4) is 0 Å². The Bertz CT molecular complexity index is 957. The van der Waals surface area contributed by atoms with E-state index in [0.717, 1.165) is 25.5 Å². The standard InChI is InChI=1S/C27H38O9/c1-5-12-34-24(32)36-27(21(30)15-35-23(31)33-4)11-9-19-18-7-6-16-13-17(28)8-10-25(16,2)22(18)20(29)14-26(19,27)3/h13,18-20,22,29H,5-12,14-15H2,1-4H3/t18-,19-,20-,22+,25-,26-,27-/m0/s1. The highest BCUT2D eigenvalue weighted by Crippen LogP contribution is 2.68. The number of ketones is 2. The van der Waals surface area contributed by atoms with Gasteiger partial charge in [0.05, 0.1) is 19.8 Å². The first kappa shape index (κ1) is 26.6. The van der Waals surface area contributed by atoms with Crippen molar-refractivity contribution in [3.8, 4) is 0 Å². The smallest absolute Gasteiger partial charge is 0.438 e. The molecule has 0 radical (unpaired) electrons. The fourth-order valence-electron chi connectivity index (χ4n) is 8.02. The second-order valence-electron chi connectivity index (χ2n) is 11.3. The van der Waals surface area contributed by atoms with Crippen molar-refractivity contribution in [3.05, 3.63) is 11.6 Å². The van der Waals surface area contributed by atoms with E-state index in [9.17, 15) is 24.3 Å². The largest absolute Gasteiger partial charge is 0.509 e. The average molecular weight is 507 g/mol. The Morgan fingerprint density at radius 1 is 1.08 bits per heavy atom. The molecule has 9 heteroatoms. The van der Waals surface area contributed by atoms with E-state index in [4.69, 9.17) is 14.2 Å². The van der Waals surface area contributed by atoms with Crippen LogP contribution in [0.4, 0.5) is 9.59 Å². The van der Waals surface area contributed by atoms with Gasteiger partial charge in [-0.1, -0.05) is 26.3 Å². The molecule has 0 aromatic heterocycles. The van der Waals surface area contributed by atoms with Gasteiger partial charge < -0.3 is 24.1 Å². The SMILES string of the molecule is CCCOC(=O)O[C@]1(C(=O)COC(=O)OC)CC[C@H]2[C@@H]3CCC4=CC(=O)CC[C@]4(C)[C@H]3[C@@H](O)C[C@@]21C. The third-order valence-electron chi connectivity index (χ3n) is 9.64. The van der Waals surface area contributed by atoms with Gasteiger partial charge in [0.15, 0.2) is 18.0 Å². The molecule has 4 aliphatic rings. The topological polar surface area (TPSA) is 125 Å². The predicted molar refractivity (Wildman–Crippen MR) is 127 cm³/mol. The Labute approximate surface area is 211 Å². The monoisotopic (exact) mass is 506 g/mol. The van der Waals surface area contributed by atoms with Crippen molar-refractivity contribution in [2.45, 2.75) is 83.8 Å². The van der Waals surface area contributed by atoms with Crippen LogP contribution in [0.2, 0.25) is 0 Å². The summed E-state index contributed by atoms with van der Waals surface area (Å²) in [7, 11) is 1.15. The first-order chi connectivity index (χ1) is 17.0. The molecular formula is C27H38O9. The van der Waals surface area contributed by atoms with Gasteiger partial charge in [-0.05, 0) is 74.2 Å².